The highest BCUT2D eigenvalue weighted by Gasteiger charge is 2.44. The molecule has 152 valence electrons. The highest BCUT2D eigenvalue weighted by molar-refractivity contribution is 6.20. The second-order valence-corrected chi connectivity index (χ2v) is 8.55. The molecule has 0 aromatic carbocycles. The van der Waals surface area contributed by atoms with E-state index < -0.39 is 18.5 Å². The minimum Gasteiger partial charge on any atom is -0.396 e. The fourth-order valence-corrected chi connectivity index (χ4v) is 5.02. The highest BCUT2D eigenvalue weighted by Crippen LogP contribution is 2.30. The van der Waals surface area contributed by atoms with Crippen LogP contribution in [-0.2, 0) is 0 Å². The van der Waals surface area contributed by atoms with E-state index >= 15 is 0 Å². The number of aliphatic hydroxyl groups is 3. The average molecular weight is 392 g/mol. The predicted molar refractivity (Wildman–Crippen MR) is 100 cm³/mol. The fraction of sp³-hybridized carbons (Fsp3) is 1.00. The number of hydrogen-bond acceptors (Lipinski definition) is 8. The molecule has 0 bridgehead atoms. The van der Waals surface area contributed by atoms with Crippen LogP contribution in [0.1, 0.15) is 32.1 Å². The van der Waals surface area contributed by atoms with E-state index in [1.165, 1.54) is 12.8 Å². The molecule has 0 amide bonds. The summed E-state index contributed by atoms with van der Waals surface area (Å²) in [4.78, 5) is 0. The van der Waals surface area contributed by atoms with Crippen molar-refractivity contribution in [2.75, 3.05) is 19.7 Å². The zero-order chi connectivity index (χ0) is 18.7. The van der Waals surface area contributed by atoms with E-state index in [0.29, 0.717) is 12.3 Å². The second-order valence-electron chi connectivity index (χ2n) is 8.08. The van der Waals surface area contributed by atoms with Crippen LogP contribution in [0.25, 0.3) is 0 Å². The van der Waals surface area contributed by atoms with Crippen molar-refractivity contribution in [1.82, 2.24) is 21.3 Å². The number of alkyl halides is 1. The Morgan fingerprint density at radius 2 is 1.96 bits per heavy atom. The molecule has 0 radical (unpaired) electrons. The first-order chi connectivity index (χ1) is 12.5. The maximum atomic E-state index is 10.3. The number of piperidine rings is 1. The van der Waals surface area contributed by atoms with Gasteiger partial charge in [0.25, 0.3) is 0 Å². The average Bonchev–Trinajstić information content (AvgIpc) is 2.89. The molecule has 0 aromatic rings. The van der Waals surface area contributed by atoms with E-state index in [2.05, 4.69) is 21.3 Å². The maximum absolute atomic E-state index is 10.3. The first-order valence-electron chi connectivity index (χ1n) is 9.85. The largest absolute Gasteiger partial charge is 0.396 e. The summed E-state index contributed by atoms with van der Waals surface area (Å²) in [5.41, 5.74) is 5.73. The summed E-state index contributed by atoms with van der Waals surface area (Å²) >= 11 is 6.56. The monoisotopic (exact) mass is 391 g/mol. The molecule has 8 nitrogen and oxygen atoms in total. The van der Waals surface area contributed by atoms with E-state index in [-0.39, 0.29) is 36.2 Å². The third-order valence-corrected chi connectivity index (χ3v) is 6.69. The van der Waals surface area contributed by atoms with Crippen molar-refractivity contribution in [3.05, 3.63) is 0 Å². The quantitative estimate of drug-likeness (QED) is 0.200. The molecule has 2 aliphatic heterocycles. The summed E-state index contributed by atoms with van der Waals surface area (Å²) in [6, 6.07) is -0.298. The zero-order valence-corrected chi connectivity index (χ0v) is 15.9. The lowest BCUT2D eigenvalue weighted by Gasteiger charge is -2.42. The normalized spacial score (nSPS) is 47.2. The van der Waals surface area contributed by atoms with Gasteiger partial charge < -0.3 is 26.4 Å². The lowest BCUT2D eigenvalue weighted by molar-refractivity contribution is -0.00413. The van der Waals surface area contributed by atoms with Crippen molar-refractivity contribution in [1.29, 1.82) is 0 Å². The summed E-state index contributed by atoms with van der Waals surface area (Å²) in [6.07, 6.45) is 2.62. The maximum Gasteiger partial charge on any atom is 0.111 e. The second kappa shape index (κ2) is 9.45. The molecule has 2 heterocycles. The standard InChI is InChI=1S/C17H34ClN5O3/c18-15-11(4-3-9-2-1-5-20-7-9)16(23-17(19)22-15)21-12-6-10(8-24)13(25)14(12)26/h9-17,20-26H,1-8,19H2. The van der Waals surface area contributed by atoms with Crippen molar-refractivity contribution in [3.63, 3.8) is 0 Å². The van der Waals surface area contributed by atoms with Gasteiger partial charge in [0.2, 0.25) is 0 Å². The van der Waals surface area contributed by atoms with Gasteiger partial charge in [0.1, 0.15) is 6.29 Å². The molecule has 2 saturated heterocycles. The summed E-state index contributed by atoms with van der Waals surface area (Å²) in [5, 5.41) is 43.0. The van der Waals surface area contributed by atoms with Crippen LogP contribution < -0.4 is 27.0 Å². The lowest BCUT2D eigenvalue weighted by atomic mass is 9.88. The number of nitrogens with two attached hydrogens (primary N) is 1. The molecule has 3 fully saturated rings. The van der Waals surface area contributed by atoms with Gasteiger partial charge in [-0.05, 0) is 51.1 Å². The van der Waals surface area contributed by atoms with Gasteiger partial charge in [-0.1, -0.05) is 0 Å². The lowest BCUT2D eigenvalue weighted by Crippen LogP contribution is -2.70. The third kappa shape index (κ3) is 4.87. The van der Waals surface area contributed by atoms with Crippen LogP contribution in [0.3, 0.4) is 0 Å². The van der Waals surface area contributed by atoms with Crippen molar-refractivity contribution in [2.45, 2.75) is 68.3 Å². The van der Waals surface area contributed by atoms with Crippen LogP contribution in [-0.4, -0.2) is 71.2 Å². The van der Waals surface area contributed by atoms with E-state index in [1.807, 2.05) is 0 Å². The minimum absolute atomic E-state index is 0.107. The van der Waals surface area contributed by atoms with Crippen LogP contribution in [0, 0.1) is 17.8 Å². The first-order valence-corrected chi connectivity index (χ1v) is 10.3. The highest BCUT2D eigenvalue weighted by atomic mass is 35.5. The van der Waals surface area contributed by atoms with Gasteiger partial charge in [0, 0.05) is 24.5 Å². The van der Waals surface area contributed by atoms with E-state index in [4.69, 9.17) is 17.3 Å². The number of rotatable bonds is 6. The molecule has 0 spiro atoms. The summed E-state index contributed by atoms with van der Waals surface area (Å²) in [6.45, 7) is 2.03. The van der Waals surface area contributed by atoms with Gasteiger partial charge in [-0.2, -0.15) is 0 Å². The van der Waals surface area contributed by atoms with Crippen molar-refractivity contribution in [3.8, 4) is 0 Å². The van der Waals surface area contributed by atoms with Gasteiger partial charge in [0.05, 0.1) is 23.9 Å². The smallest absolute Gasteiger partial charge is 0.111 e. The Morgan fingerprint density at radius 3 is 2.62 bits per heavy atom. The van der Waals surface area contributed by atoms with Gasteiger partial charge in [-0.25, -0.2) is 0 Å². The fourth-order valence-electron chi connectivity index (χ4n) is 4.61. The van der Waals surface area contributed by atoms with E-state index in [9.17, 15) is 15.3 Å². The molecule has 3 rings (SSSR count). The van der Waals surface area contributed by atoms with Crippen LogP contribution in [0.15, 0.2) is 0 Å². The molecule has 0 aromatic heterocycles. The van der Waals surface area contributed by atoms with Crippen molar-refractivity contribution in [2.24, 2.45) is 23.5 Å². The van der Waals surface area contributed by atoms with E-state index in [0.717, 1.165) is 25.9 Å². The molecule has 9 N–H and O–H groups in total. The van der Waals surface area contributed by atoms with Crippen LogP contribution in [0.2, 0.25) is 0 Å². The van der Waals surface area contributed by atoms with Gasteiger partial charge in [-0.3, -0.25) is 16.0 Å². The number of aliphatic hydroxyl groups excluding tert-OH is 3. The third-order valence-electron chi connectivity index (χ3n) is 6.24. The summed E-state index contributed by atoms with van der Waals surface area (Å²) in [5.74, 6) is 0.467. The topological polar surface area (TPSA) is 135 Å². The molecular weight excluding hydrogens is 358 g/mol. The number of halogens is 1. The zero-order valence-electron chi connectivity index (χ0n) is 15.1. The summed E-state index contributed by atoms with van der Waals surface area (Å²) in [7, 11) is 0. The number of hydrogen-bond donors (Lipinski definition) is 8. The first kappa shape index (κ1) is 20.7. The predicted octanol–water partition coefficient (Wildman–Crippen LogP) is -1.60. The van der Waals surface area contributed by atoms with Gasteiger partial charge in [0.15, 0.2) is 0 Å². The Bertz CT molecular complexity index is 443. The molecule has 26 heavy (non-hydrogen) atoms. The Morgan fingerprint density at radius 1 is 1.15 bits per heavy atom. The summed E-state index contributed by atoms with van der Waals surface area (Å²) < 4.78 is 0. The van der Waals surface area contributed by atoms with Crippen LogP contribution >= 0.6 is 11.6 Å². The number of nitrogens with one attached hydrogen (secondary N) is 4. The SMILES string of the molecule is NC1NC(Cl)C(CCC2CCCNC2)C(NC2CC(CO)C(O)C2O)N1. The van der Waals surface area contributed by atoms with Gasteiger partial charge in [-0.15, -0.1) is 11.6 Å². The Hall–Kier alpha value is -0.0300. The van der Waals surface area contributed by atoms with E-state index in [1.54, 1.807) is 0 Å². The molecule has 1 aliphatic carbocycles. The van der Waals surface area contributed by atoms with Crippen LogP contribution in [0.4, 0.5) is 0 Å². The molecule has 9 atom stereocenters. The Balaban J connectivity index is 1.60. The Kier molecular flexibility index (Phi) is 7.52. The van der Waals surface area contributed by atoms with Crippen molar-refractivity contribution < 1.29 is 15.3 Å². The Labute approximate surface area is 160 Å². The molecule has 1 saturated carbocycles. The molecule has 3 aliphatic rings. The molecule has 9 heteroatoms. The molecule has 9 unspecified atom stereocenters. The minimum atomic E-state index is -0.911. The van der Waals surface area contributed by atoms with Gasteiger partial charge >= 0.3 is 0 Å². The van der Waals surface area contributed by atoms with Crippen molar-refractivity contribution >= 4 is 11.6 Å². The molecular formula is C17H34ClN5O3. The van der Waals surface area contributed by atoms with Crippen LogP contribution in [0.5, 0.6) is 0 Å².